The molecule has 2 aliphatic carbocycles. The van der Waals surface area contributed by atoms with Gasteiger partial charge in [-0.15, -0.1) is 0 Å². The molecule has 1 heterocycles. The molecule has 4 nitrogen and oxygen atoms in total. The van der Waals surface area contributed by atoms with Crippen molar-refractivity contribution in [2.24, 2.45) is 23.7 Å². The molecular formula is C13H17NO3. The minimum Gasteiger partial charge on any atom is -0.447 e. The Labute approximate surface area is 101 Å². The highest BCUT2D eigenvalue weighted by atomic mass is 16.6. The molecule has 3 aliphatic rings. The highest BCUT2D eigenvalue weighted by Crippen LogP contribution is 2.50. The van der Waals surface area contributed by atoms with Crippen molar-refractivity contribution in [3.8, 4) is 0 Å². The van der Waals surface area contributed by atoms with Crippen LogP contribution < -0.4 is 0 Å². The number of allylic oxidation sites excluding steroid dienone is 2. The molecular weight excluding hydrogens is 218 g/mol. The van der Waals surface area contributed by atoms with Gasteiger partial charge in [-0.2, -0.15) is 0 Å². The predicted molar refractivity (Wildman–Crippen MR) is 61.1 cm³/mol. The SMILES string of the molecule is CC[C@@H]1[C@@H](C(=O)N2CCOC2=O)[C@H]2C=C[C@@H]1C2. The summed E-state index contributed by atoms with van der Waals surface area (Å²) in [6, 6.07) is 0. The third kappa shape index (κ3) is 1.50. The molecule has 1 saturated carbocycles. The van der Waals surface area contributed by atoms with Gasteiger partial charge in [0, 0.05) is 5.92 Å². The summed E-state index contributed by atoms with van der Waals surface area (Å²) in [5, 5.41) is 0. The summed E-state index contributed by atoms with van der Waals surface area (Å²) in [5.74, 6) is 1.27. The summed E-state index contributed by atoms with van der Waals surface area (Å²) in [5.41, 5.74) is 0. The first-order valence-electron chi connectivity index (χ1n) is 6.39. The average Bonchev–Trinajstić information content (AvgIpc) is 3.01. The number of cyclic esters (lactones) is 1. The minimum absolute atomic E-state index is 0.000602. The Kier molecular flexibility index (Phi) is 2.45. The van der Waals surface area contributed by atoms with E-state index < -0.39 is 6.09 Å². The van der Waals surface area contributed by atoms with E-state index in [0.717, 1.165) is 12.8 Å². The molecule has 17 heavy (non-hydrogen) atoms. The second-order valence-corrected chi connectivity index (χ2v) is 5.15. The fourth-order valence-electron chi connectivity index (χ4n) is 3.62. The van der Waals surface area contributed by atoms with Crippen LogP contribution in [-0.4, -0.2) is 30.1 Å². The van der Waals surface area contributed by atoms with Crippen LogP contribution in [0, 0.1) is 23.7 Å². The van der Waals surface area contributed by atoms with E-state index in [1.54, 1.807) is 0 Å². The number of carbonyl (C=O) groups excluding carboxylic acids is 2. The van der Waals surface area contributed by atoms with Crippen LogP contribution in [0.2, 0.25) is 0 Å². The van der Waals surface area contributed by atoms with E-state index in [1.807, 2.05) is 0 Å². The van der Waals surface area contributed by atoms with Crippen LogP contribution >= 0.6 is 0 Å². The first-order chi connectivity index (χ1) is 8.22. The zero-order valence-electron chi connectivity index (χ0n) is 9.96. The van der Waals surface area contributed by atoms with E-state index in [9.17, 15) is 9.59 Å². The fourth-order valence-corrected chi connectivity index (χ4v) is 3.62. The van der Waals surface area contributed by atoms with Crippen LogP contribution in [0.15, 0.2) is 12.2 Å². The minimum atomic E-state index is -0.461. The van der Waals surface area contributed by atoms with E-state index in [2.05, 4.69) is 19.1 Å². The van der Waals surface area contributed by atoms with E-state index in [0.29, 0.717) is 30.9 Å². The topological polar surface area (TPSA) is 46.6 Å². The smallest absolute Gasteiger partial charge is 0.416 e. The number of hydrogen-bond acceptors (Lipinski definition) is 3. The second-order valence-electron chi connectivity index (χ2n) is 5.15. The third-order valence-electron chi connectivity index (χ3n) is 4.41. The van der Waals surface area contributed by atoms with E-state index >= 15 is 0 Å². The largest absolute Gasteiger partial charge is 0.447 e. The molecule has 0 radical (unpaired) electrons. The highest BCUT2D eigenvalue weighted by Gasteiger charge is 2.49. The first-order valence-corrected chi connectivity index (χ1v) is 6.39. The Morgan fingerprint density at radius 2 is 2.24 bits per heavy atom. The van der Waals surface area contributed by atoms with Crippen LogP contribution in [0.3, 0.4) is 0 Å². The maximum atomic E-state index is 12.4. The Morgan fingerprint density at radius 1 is 1.47 bits per heavy atom. The molecule has 1 saturated heterocycles. The normalized spacial score (nSPS) is 38.9. The van der Waals surface area contributed by atoms with Gasteiger partial charge in [0.25, 0.3) is 0 Å². The molecule has 0 unspecified atom stereocenters. The molecule has 0 spiro atoms. The molecule has 2 fully saturated rings. The monoisotopic (exact) mass is 235 g/mol. The number of rotatable bonds is 2. The lowest BCUT2D eigenvalue weighted by atomic mass is 9.80. The van der Waals surface area contributed by atoms with E-state index in [1.165, 1.54) is 4.90 Å². The van der Waals surface area contributed by atoms with Gasteiger partial charge in [0.15, 0.2) is 0 Å². The number of amides is 2. The van der Waals surface area contributed by atoms with Crippen molar-refractivity contribution < 1.29 is 14.3 Å². The van der Waals surface area contributed by atoms with E-state index in [4.69, 9.17) is 4.74 Å². The van der Waals surface area contributed by atoms with Crippen LogP contribution in [-0.2, 0) is 9.53 Å². The maximum Gasteiger partial charge on any atom is 0.416 e. The van der Waals surface area contributed by atoms with Crippen molar-refractivity contribution in [1.29, 1.82) is 0 Å². The number of nitrogens with zero attached hydrogens (tertiary/aromatic N) is 1. The van der Waals surface area contributed by atoms with Gasteiger partial charge in [0.1, 0.15) is 6.61 Å². The van der Waals surface area contributed by atoms with Gasteiger partial charge in [-0.3, -0.25) is 4.79 Å². The molecule has 0 aromatic heterocycles. The van der Waals surface area contributed by atoms with Crippen molar-refractivity contribution in [1.82, 2.24) is 4.90 Å². The number of fused-ring (bicyclic) bond motifs is 2. The molecule has 2 bridgehead atoms. The van der Waals surface area contributed by atoms with Crippen molar-refractivity contribution in [2.75, 3.05) is 13.2 Å². The lowest BCUT2D eigenvalue weighted by molar-refractivity contribution is -0.134. The number of imide groups is 1. The van der Waals surface area contributed by atoms with Gasteiger partial charge < -0.3 is 4.74 Å². The Balaban J connectivity index is 1.81. The summed E-state index contributed by atoms with van der Waals surface area (Å²) < 4.78 is 4.84. The Morgan fingerprint density at radius 3 is 2.88 bits per heavy atom. The lowest BCUT2D eigenvalue weighted by Crippen LogP contribution is -2.41. The standard InChI is InChI=1S/C13H17NO3/c1-2-10-8-3-4-9(7-8)11(10)12(15)14-5-6-17-13(14)16/h3-4,8-11H,2,5-7H2,1H3/t8-,9+,10+,11+/m1/s1. The second kappa shape index (κ2) is 3.86. The van der Waals surface area contributed by atoms with Gasteiger partial charge in [-0.1, -0.05) is 25.5 Å². The maximum absolute atomic E-state index is 12.4. The van der Waals surface area contributed by atoms with Crippen LogP contribution in [0.1, 0.15) is 19.8 Å². The number of carbonyl (C=O) groups is 2. The average molecular weight is 235 g/mol. The zero-order valence-corrected chi connectivity index (χ0v) is 9.96. The zero-order chi connectivity index (χ0) is 12.0. The van der Waals surface area contributed by atoms with E-state index in [-0.39, 0.29) is 11.8 Å². The number of ether oxygens (including phenoxy) is 1. The summed E-state index contributed by atoms with van der Waals surface area (Å²) in [4.78, 5) is 25.1. The van der Waals surface area contributed by atoms with Crippen molar-refractivity contribution in [3.63, 3.8) is 0 Å². The molecule has 3 rings (SSSR count). The molecule has 0 N–H and O–H groups in total. The van der Waals surface area contributed by atoms with Gasteiger partial charge in [-0.25, -0.2) is 9.69 Å². The predicted octanol–water partition coefficient (Wildman–Crippen LogP) is 1.81. The van der Waals surface area contributed by atoms with Crippen molar-refractivity contribution in [3.05, 3.63) is 12.2 Å². The number of hydrogen-bond donors (Lipinski definition) is 0. The van der Waals surface area contributed by atoms with Gasteiger partial charge >= 0.3 is 6.09 Å². The van der Waals surface area contributed by atoms with Crippen molar-refractivity contribution >= 4 is 12.0 Å². The summed E-state index contributed by atoms with van der Waals surface area (Å²) in [6.07, 6.45) is 6.02. The van der Waals surface area contributed by atoms with Gasteiger partial charge in [0.2, 0.25) is 5.91 Å². The molecule has 1 aliphatic heterocycles. The molecule has 4 atom stereocenters. The molecule has 0 aromatic rings. The van der Waals surface area contributed by atoms with Crippen molar-refractivity contribution in [2.45, 2.75) is 19.8 Å². The Hall–Kier alpha value is -1.32. The lowest BCUT2D eigenvalue weighted by Gasteiger charge is -2.28. The molecule has 92 valence electrons. The third-order valence-corrected chi connectivity index (χ3v) is 4.41. The molecule has 2 amide bonds. The quantitative estimate of drug-likeness (QED) is 0.686. The molecule has 0 aromatic carbocycles. The van der Waals surface area contributed by atoms with Crippen LogP contribution in [0.5, 0.6) is 0 Å². The Bertz CT molecular complexity index is 390. The summed E-state index contributed by atoms with van der Waals surface area (Å²) in [7, 11) is 0. The fraction of sp³-hybridized carbons (Fsp3) is 0.692. The summed E-state index contributed by atoms with van der Waals surface area (Å²) >= 11 is 0. The van der Waals surface area contributed by atoms with Crippen LogP contribution in [0.4, 0.5) is 4.79 Å². The van der Waals surface area contributed by atoms with Gasteiger partial charge in [-0.05, 0) is 24.2 Å². The molecule has 4 heteroatoms. The van der Waals surface area contributed by atoms with Gasteiger partial charge in [0.05, 0.1) is 6.54 Å². The van der Waals surface area contributed by atoms with Crippen LogP contribution in [0.25, 0.3) is 0 Å². The first kappa shape index (κ1) is 10.8. The summed E-state index contributed by atoms with van der Waals surface area (Å²) in [6.45, 7) is 2.89. The highest BCUT2D eigenvalue weighted by molar-refractivity contribution is 5.95.